The van der Waals surface area contributed by atoms with Gasteiger partial charge >= 0.3 is 0 Å². The molecule has 1 saturated heterocycles. The number of hydrogen-bond donors (Lipinski definition) is 2. The van der Waals surface area contributed by atoms with Crippen LogP contribution in [0.1, 0.15) is 80.5 Å². The third-order valence-electron chi connectivity index (χ3n) is 8.86. The monoisotopic (exact) mass is 559 g/mol. The zero-order valence-corrected chi connectivity index (χ0v) is 24.3. The first-order valence-corrected chi connectivity index (χ1v) is 15.0. The van der Waals surface area contributed by atoms with Crippen LogP contribution < -0.4 is 20.3 Å². The van der Waals surface area contributed by atoms with Gasteiger partial charge in [-0.1, -0.05) is 26.2 Å². The number of likely N-dealkylation sites (tertiary alicyclic amines) is 1. The maximum absolute atomic E-state index is 13.0. The molecule has 11 nitrogen and oxygen atoms in total. The molecule has 3 aromatic rings. The van der Waals surface area contributed by atoms with Gasteiger partial charge in [-0.05, 0) is 76.4 Å². The Morgan fingerprint density at radius 3 is 2.68 bits per heavy atom. The molecule has 3 aliphatic rings. The van der Waals surface area contributed by atoms with Crippen molar-refractivity contribution in [3.05, 3.63) is 42.1 Å². The van der Waals surface area contributed by atoms with Crippen molar-refractivity contribution in [1.82, 2.24) is 34.9 Å². The van der Waals surface area contributed by atoms with Crippen molar-refractivity contribution in [2.24, 2.45) is 5.92 Å². The Morgan fingerprint density at radius 1 is 1.12 bits per heavy atom. The van der Waals surface area contributed by atoms with E-state index in [1.54, 1.807) is 19.5 Å². The second-order valence-electron chi connectivity index (χ2n) is 11.6. The summed E-state index contributed by atoms with van der Waals surface area (Å²) in [6.45, 7) is 5.12. The molecule has 2 aliphatic heterocycles. The molecule has 0 spiro atoms. The second-order valence-corrected chi connectivity index (χ2v) is 11.6. The van der Waals surface area contributed by atoms with E-state index >= 15 is 0 Å². The first-order chi connectivity index (χ1) is 20.0. The maximum atomic E-state index is 13.0. The predicted molar refractivity (Wildman–Crippen MR) is 158 cm³/mol. The van der Waals surface area contributed by atoms with E-state index in [-0.39, 0.29) is 18.0 Å². The molecule has 41 heavy (non-hydrogen) atoms. The molecule has 0 bridgehead atoms. The molecule has 1 aliphatic carbocycles. The Balaban J connectivity index is 1.24. The molecule has 1 saturated carbocycles. The van der Waals surface area contributed by atoms with Crippen LogP contribution in [0.25, 0.3) is 5.69 Å². The Morgan fingerprint density at radius 2 is 1.93 bits per heavy atom. The van der Waals surface area contributed by atoms with Crippen LogP contribution in [0.15, 0.2) is 30.7 Å². The largest absolute Gasteiger partial charge is 0.495 e. The molecule has 6 rings (SSSR count). The predicted octanol–water partition coefficient (Wildman–Crippen LogP) is 4.48. The van der Waals surface area contributed by atoms with Crippen molar-refractivity contribution in [3.63, 3.8) is 0 Å². The van der Waals surface area contributed by atoms with Crippen LogP contribution in [0.4, 0.5) is 17.5 Å². The number of piperidine rings is 1. The summed E-state index contributed by atoms with van der Waals surface area (Å²) in [4.78, 5) is 27.4. The molecule has 1 amide bonds. The Labute approximate surface area is 241 Å². The van der Waals surface area contributed by atoms with Crippen LogP contribution in [0, 0.1) is 5.92 Å². The minimum atomic E-state index is -0.0804. The maximum Gasteiger partial charge on any atom is 0.251 e. The molecule has 0 radical (unpaired) electrons. The summed E-state index contributed by atoms with van der Waals surface area (Å²) in [5.41, 5.74) is 2.17. The Hall–Kier alpha value is -3.73. The number of methoxy groups -OCH3 is 1. The molecule has 2 N–H and O–H groups in total. The second kappa shape index (κ2) is 12.0. The molecular weight excluding hydrogens is 518 g/mol. The number of nitrogens with one attached hydrogen (secondary N) is 2. The summed E-state index contributed by atoms with van der Waals surface area (Å²) in [6.07, 6.45) is 12.8. The molecule has 4 heterocycles. The van der Waals surface area contributed by atoms with E-state index in [4.69, 9.17) is 9.72 Å². The van der Waals surface area contributed by atoms with Crippen molar-refractivity contribution in [3.8, 4) is 11.4 Å². The molecular formula is C30H41N9O2. The molecule has 11 heteroatoms. The number of benzene rings is 1. The van der Waals surface area contributed by atoms with E-state index in [1.165, 1.54) is 32.1 Å². The standard InChI is InChI=1S/C30H41N9O2/c1-4-24-28-36-32-19-39(28)25-17-31-30(35-27(25)38(24)18-20-8-6-5-7-9-20)34-23-11-10-21(16-26(23)41-3)29(40)33-22-12-14-37(2)15-13-22/h10-11,16-17,19-20,22,24H,4-9,12-15,18H2,1-3H3,(H,33,40)(H,31,34,35). The molecule has 2 fully saturated rings. The third kappa shape index (κ3) is 5.72. The first-order valence-electron chi connectivity index (χ1n) is 15.0. The lowest BCUT2D eigenvalue weighted by atomic mass is 9.88. The summed E-state index contributed by atoms with van der Waals surface area (Å²) in [5.74, 6) is 3.43. The van der Waals surface area contributed by atoms with Gasteiger partial charge in [0.2, 0.25) is 5.95 Å². The number of aromatic nitrogens is 5. The zero-order chi connectivity index (χ0) is 28.3. The van der Waals surface area contributed by atoms with Crippen LogP contribution in [0.3, 0.4) is 0 Å². The van der Waals surface area contributed by atoms with Crippen LogP contribution in [-0.2, 0) is 0 Å². The van der Waals surface area contributed by atoms with Crippen LogP contribution >= 0.6 is 0 Å². The number of hydrogen-bond acceptors (Lipinski definition) is 9. The van der Waals surface area contributed by atoms with Gasteiger partial charge in [-0.3, -0.25) is 9.36 Å². The van der Waals surface area contributed by atoms with Crippen molar-refractivity contribution in [2.75, 3.05) is 44.0 Å². The van der Waals surface area contributed by atoms with Gasteiger partial charge in [0, 0.05) is 18.2 Å². The van der Waals surface area contributed by atoms with Crippen LogP contribution in [-0.4, -0.2) is 75.4 Å². The highest BCUT2D eigenvalue weighted by molar-refractivity contribution is 5.95. The number of rotatable bonds is 8. The fourth-order valence-electron chi connectivity index (χ4n) is 6.49. The van der Waals surface area contributed by atoms with Crippen LogP contribution in [0.5, 0.6) is 5.75 Å². The lowest BCUT2D eigenvalue weighted by Crippen LogP contribution is -2.43. The number of anilines is 3. The van der Waals surface area contributed by atoms with Crippen LogP contribution in [0.2, 0.25) is 0 Å². The summed E-state index contributed by atoms with van der Waals surface area (Å²) in [5, 5.41) is 15.2. The van der Waals surface area contributed by atoms with Gasteiger partial charge in [0.25, 0.3) is 5.91 Å². The summed E-state index contributed by atoms with van der Waals surface area (Å²) in [7, 11) is 3.72. The summed E-state index contributed by atoms with van der Waals surface area (Å²) < 4.78 is 7.70. The highest BCUT2D eigenvalue weighted by atomic mass is 16.5. The molecule has 1 unspecified atom stereocenters. The normalized spacial score (nSPS) is 19.9. The van der Waals surface area contributed by atoms with Gasteiger partial charge in [-0.15, -0.1) is 10.2 Å². The van der Waals surface area contributed by atoms with Gasteiger partial charge in [0.05, 0.1) is 25.0 Å². The lowest BCUT2D eigenvalue weighted by molar-refractivity contribution is 0.0916. The minimum Gasteiger partial charge on any atom is -0.495 e. The number of carbonyl (C=O) groups excluding carboxylic acids is 1. The number of fused-ring (bicyclic) bond motifs is 3. The average Bonchev–Trinajstić information content (AvgIpc) is 3.49. The van der Waals surface area contributed by atoms with Crippen molar-refractivity contribution in [2.45, 2.75) is 70.4 Å². The Kier molecular flexibility index (Phi) is 8.04. The van der Waals surface area contributed by atoms with E-state index in [0.29, 0.717) is 28.9 Å². The highest BCUT2D eigenvalue weighted by Gasteiger charge is 2.35. The van der Waals surface area contributed by atoms with Gasteiger partial charge in [-0.25, -0.2) is 4.98 Å². The van der Waals surface area contributed by atoms with Crippen molar-refractivity contribution < 1.29 is 9.53 Å². The van der Waals surface area contributed by atoms with E-state index in [9.17, 15) is 4.79 Å². The Bertz CT molecular complexity index is 1360. The number of amides is 1. The number of carbonyl (C=O) groups is 1. The summed E-state index contributed by atoms with van der Waals surface area (Å²) >= 11 is 0. The summed E-state index contributed by atoms with van der Waals surface area (Å²) in [6, 6.07) is 5.75. The highest BCUT2D eigenvalue weighted by Crippen LogP contribution is 2.40. The molecule has 1 aromatic carbocycles. The zero-order valence-electron chi connectivity index (χ0n) is 24.3. The van der Waals surface area contributed by atoms with Gasteiger partial charge < -0.3 is 25.2 Å². The quantitative estimate of drug-likeness (QED) is 0.412. The fourth-order valence-corrected chi connectivity index (χ4v) is 6.49. The number of ether oxygens (including phenoxy) is 1. The molecule has 1 atom stereocenters. The van der Waals surface area contributed by atoms with Gasteiger partial charge in [0.15, 0.2) is 11.6 Å². The average molecular weight is 560 g/mol. The van der Waals surface area contributed by atoms with E-state index in [1.807, 2.05) is 22.9 Å². The first kappa shape index (κ1) is 27.4. The lowest BCUT2D eigenvalue weighted by Gasteiger charge is -2.39. The van der Waals surface area contributed by atoms with Gasteiger partial charge in [-0.2, -0.15) is 4.98 Å². The van der Waals surface area contributed by atoms with Crippen molar-refractivity contribution >= 4 is 23.4 Å². The van der Waals surface area contributed by atoms with Gasteiger partial charge in [0.1, 0.15) is 17.8 Å². The minimum absolute atomic E-state index is 0.0804. The topological polar surface area (TPSA) is 113 Å². The SMILES string of the molecule is CCC1c2nncn2-c2cnc(Nc3ccc(C(=O)NC4CCN(C)CC4)cc3OC)nc2N1CC1CCCCC1. The van der Waals surface area contributed by atoms with Crippen molar-refractivity contribution in [1.29, 1.82) is 0 Å². The fraction of sp³-hybridized carbons (Fsp3) is 0.567. The smallest absolute Gasteiger partial charge is 0.251 e. The van der Waals surface area contributed by atoms with E-state index < -0.39 is 0 Å². The molecule has 218 valence electrons. The van der Waals surface area contributed by atoms with E-state index in [0.717, 1.165) is 56.2 Å². The number of nitrogens with zero attached hydrogens (tertiary/aromatic N) is 7. The molecule has 2 aromatic heterocycles. The third-order valence-corrected chi connectivity index (χ3v) is 8.86. The van der Waals surface area contributed by atoms with E-state index in [2.05, 4.69) is 49.6 Å².